The molecule has 5 rings (SSSR count). The summed E-state index contributed by atoms with van der Waals surface area (Å²) in [4.78, 5) is 22.7. The van der Waals surface area contributed by atoms with Crippen LogP contribution in [0.15, 0.2) is 78.9 Å². The van der Waals surface area contributed by atoms with E-state index in [2.05, 4.69) is 29.3 Å². The third-order valence-corrected chi connectivity index (χ3v) is 6.58. The lowest BCUT2D eigenvalue weighted by atomic mass is 10.1. The van der Waals surface area contributed by atoms with Crippen molar-refractivity contribution in [2.75, 3.05) is 36.4 Å². The molecule has 4 aromatic rings. The smallest absolute Gasteiger partial charge is 0.254 e. The van der Waals surface area contributed by atoms with E-state index in [4.69, 9.17) is 16.6 Å². The number of carbonyl (C=O) groups is 1. The quantitative estimate of drug-likeness (QED) is 0.379. The van der Waals surface area contributed by atoms with E-state index in [1.165, 1.54) is 5.56 Å². The number of aromatic nitrogens is 1. The number of anilines is 3. The number of nitrogens with one attached hydrogen (secondary N) is 1. The molecule has 1 amide bonds. The summed E-state index contributed by atoms with van der Waals surface area (Å²) in [6.07, 6.45) is 0.916. The fourth-order valence-corrected chi connectivity index (χ4v) is 4.70. The van der Waals surface area contributed by atoms with Crippen LogP contribution in [-0.2, 0) is 6.42 Å². The molecular formula is C28H27ClN4O. The number of benzene rings is 3. The van der Waals surface area contributed by atoms with Crippen molar-refractivity contribution in [3.8, 4) is 0 Å². The average molecular weight is 471 g/mol. The van der Waals surface area contributed by atoms with Gasteiger partial charge in [-0.15, -0.1) is 0 Å². The van der Waals surface area contributed by atoms with Crippen LogP contribution >= 0.6 is 11.6 Å². The van der Waals surface area contributed by atoms with Gasteiger partial charge in [-0.05, 0) is 48.4 Å². The Balaban J connectivity index is 1.41. The van der Waals surface area contributed by atoms with Gasteiger partial charge in [-0.3, -0.25) is 4.79 Å². The molecule has 0 spiro atoms. The van der Waals surface area contributed by atoms with E-state index in [9.17, 15) is 4.79 Å². The van der Waals surface area contributed by atoms with Gasteiger partial charge in [-0.2, -0.15) is 0 Å². The number of para-hydroxylation sites is 2. The topological polar surface area (TPSA) is 48.5 Å². The largest absolute Gasteiger partial charge is 0.368 e. The monoisotopic (exact) mass is 470 g/mol. The summed E-state index contributed by atoms with van der Waals surface area (Å²) in [5, 5.41) is 5.05. The first-order valence-corrected chi connectivity index (χ1v) is 12.0. The minimum Gasteiger partial charge on any atom is -0.368 e. The molecule has 3 aromatic carbocycles. The Morgan fingerprint density at radius 2 is 1.71 bits per heavy atom. The van der Waals surface area contributed by atoms with E-state index in [0.29, 0.717) is 24.5 Å². The number of piperazine rings is 1. The first-order chi connectivity index (χ1) is 16.6. The standard InChI is InChI=1S/C28H27ClN4O/c1-2-20-8-3-5-12-25(20)30-27-19-24(23-11-4-6-13-26(23)31-27)28(34)33-16-14-32(15-17-33)22-10-7-9-21(29)18-22/h3-13,18-19H,2,14-17H2,1H3,(H,30,31). The van der Waals surface area contributed by atoms with E-state index in [1.54, 1.807) is 0 Å². The van der Waals surface area contributed by atoms with Crippen molar-refractivity contribution in [1.82, 2.24) is 9.88 Å². The Morgan fingerprint density at radius 3 is 2.50 bits per heavy atom. The number of nitrogens with zero attached hydrogens (tertiary/aromatic N) is 3. The van der Waals surface area contributed by atoms with Crippen LogP contribution < -0.4 is 10.2 Å². The lowest BCUT2D eigenvalue weighted by molar-refractivity contribution is 0.0748. The maximum absolute atomic E-state index is 13.7. The molecule has 0 atom stereocenters. The van der Waals surface area contributed by atoms with Crippen molar-refractivity contribution >= 4 is 45.6 Å². The zero-order chi connectivity index (χ0) is 23.5. The highest BCUT2D eigenvalue weighted by Crippen LogP contribution is 2.27. The van der Waals surface area contributed by atoms with Crippen molar-refractivity contribution in [2.24, 2.45) is 0 Å². The van der Waals surface area contributed by atoms with Crippen LogP contribution in [0, 0.1) is 0 Å². The van der Waals surface area contributed by atoms with Crippen LogP contribution in [0.3, 0.4) is 0 Å². The fraction of sp³-hybridized carbons (Fsp3) is 0.214. The second-order valence-electron chi connectivity index (χ2n) is 8.47. The summed E-state index contributed by atoms with van der Waals surface area (Å²) < 4.78 is 0. The number of hydrogen-bond acceptors (Lipinski definition) is 4. The van der Waals surface area contributed by atoms with E-state index in [0.717, 1.165) is 46.8 Å². The number of fused-ring (bicyclic) bond motifs is 1. The minimum absolute atomic E-state index is 0.0381. The zero-order valence-corrected chi connectivity index (χ0v) is 19.9. The molecule has 172 valence electrons. The highest BCUT2D eigenvalue weighted by atomic mass is 35.5. The molecule has 1 fully saturated rings. The number of amides is 1. The van der Waals surface area contributed by atoms with E-state index in [-0.39, 0.29) is 5.91 Å². The Labute approximate surface area is 205 Å². The van der Waals surface area contributed by atoms with Gasteiger partial charge in [0.2, 0.25) is 0 Å². The summed E-state index contributed by atoms with van der Waals surface area (Å²) >= 11 is 6.17. The number of halogens is 1. The normalized spacial score (nSPS) is 13.8. The third-order valence-electron chi connectivity index (χ3n) is 6.35. The molecule has 1 N–H and O–H groups in total. The summed E-state index contributed by atoms with van der Waals surface area (Å²) in [7, 11) is 0. The zero-order valence-electron chi connectivity index (χ0n) is 19.2. The number of pyridine rings is 1. The molecule has 5 nitrogen and oxygen atoms in total. The van der Waals surface area contributed by atoms with Gasteiger partial charge in [0.15, 0.2) is 0 Å². The number of rotatable bonds is 5. The second-order valence-corrected chi connectivity index (χ2v) is 8.90. The maximum atomic E-state index is 13.7. The van der Waals surface area contributed by atoms with Crippen LogP contribution in [0.4, 0.5) is 17.2 Å². The summed E-state index contributed by atoms with van der Waals surface area (Å²) in [5.41, 5.74) is 4.81. The molecule has 1 saturated heterocycles. The molecule has 34 heavy (non-hydrogen) atoms. The van der Waals surface area contributed by atoms with Crippen LogP contribution in [0.5, 0.6) is 0 Å². The Bertz CT molecular complexity index is 1330. The Morgan fingerprint density at radius 1 is 0.941 bits per heavy atom. The molecule has 0 unspecified atom stereocenters. The predicted octanol–water partition coefficient (Wildman–Crippen LogP) is 6.16. The van der Waals surface area contributed by atoms with Gasteiger partial charge < -0.3 is 15.1 Å². The van der Waals surface area contributed by atoms with Gasteiger partial charge >= 0.3 is 0 Å². The Hall–Kier alpha value is -3.57. The number of hydrogen-bond donors (Lipinski definition) is 1. The SMILES string of the molecule is CCc1ccccc1Nc1cc(C(=O)N2CCN(c3cccc(Cl)c3)CC2)c2ccccc2n1. The van der Waals surface area contributed by atoms with Gasteiger partial charge in [0, 0.05) is 48.0 Å². The molecule has 0 saturated carbocycles. The predicted molar refractivity (Wildman–Crippen MR) is 140 cm³/mol. The number of carbonyl (C=O) groups excluding carboxylic acids is 1. The lowest BCUT2D eigenvalue weighted by Crippen LogP contribution is -2.48. The van der Waals surface area contributed by atoms with Crippen molar-refractivity contribution in [3.05, 3.63) is 95.0 Å². The van der Waals surface area contributed by atoms with Crippen LogP contribution in [0.1, 0.15) is 22.8 Å². The first kappa shape index (κ1) is 22.2. The molecular weight excluding hydrogens is 444 g/mol. The second kappa shape index (κ2) is 9.74. The van der Waals surface area contributed by atoms with Gasteiger partial charge in [0.05, 0.1) is 11.1 Å². The molecule has 1 aliphatic heterocycles. The third kappa shape index (κ3) is 4.57. The van der Waals surface area contributed by atoms with Gasteiger partial charge in [0.25, 0.3) is 5.91 Å². The van der Waals surface area contributed by atoms with Crippen molar-refractivity contribution in [1.29, 1.82) is 0 Å². The van der Waals surface area contributed by atoms with Gasteiger partial charge in [-0.1, -0.05) is 61.0 Å². The lowest BCUT2D eigenvalue weighted by Gasteiger charge is -2.36. The fourth-order valence-electron chi connectivity index (χ4n) is 4.52. The van der Waals surface area contributed by atoms with Gasteiger partial charge in [0.1, 0.15) is 5.82 Å². The van der Waals surface area contributed by atoms with E-state index >= 15 is 0 Å². The highest BCUT2D eigenvalue weighted by molar-refractivity contribution is 6.30. The van der Waals surface area contributed by atoms with Gasteiger partial charge in [-0.25, -0.2) is 4.98 Å². The summed E-state index contributed by atoms with van der Waals surface area (Å²) in [6.45, 7) is 4.98. The average Bonchev–Trinajstić information content (AvgIpc) is 2.88. The molecule has 1 aromatic heterocycles. The van der Waals surface area contributed by atoms with E-state index in [1.807, 2.05) is 71.6 Å². The van der Waals surface area contributed by atoms with Crippen LogP contribution in [0.25, 0.3) is 10.9 Å². The number of aryl methyl sites for hydroxylation is 1. The molecule has 0 aliphatic carbocycles. The molecule has 0 bridgehead atoms. The summed E-state index contributed by atoms with van der Waals surface area (Å²) in [6, 6.07) is 25.8. The van der Waals surface area contributed by atoms with Crippen molar-refractivity contribution < 1.29 is 4.79 Å². The molecule has 2 heterocycles. The minimum atomic E-state index is 0.0381. The van der Waals surface area contributed by atoms with E-state index < -0.39 is 0 Å². The summed E-state index contributed by atoms with van der Waals surface area (Å²) in [5.74, 6) is 0.719. The Kier molecular flexibility index (Phi) is 6.37. The van der Waals surface area contributed by atoms with Crippen LogP contribution in [0.2, 0.25) is 5.02 Å². The van der Waals surface area contributed by atoms with Crippen molar-refractivity contribution in [2.45, 2.75) is 13.3 Å². The maximum Gasteiger partial charge on any atom is 0.254 e. The highest BCUT2D eigenvalue weighted by Gasteiger charge is 2.24. The molecule has 6 heteroatoms. The van der Waals surface area contributed by atoms with Crippen molar-refractivity contribution in [3.63, 3.8) is 0 Å². The van der Waals surface area contributed by atoms with Crippen LogP contribution in [-0.4, -0.2) is 42.0 Å². The molecule has 0 radical (unpaired) electrons. The first-order valence-electron chi connectivity index (χ1n) is 11.7. The molecule has 1 aliphatic rings.